The van der Waals surface area contributed by atoms with Crippen molar-refractivity contribution in [1.82, 2.24) is 0 Å². The van der Waals surface area contributed by atoms with Gasteiger partial charge >= 0.3 is 0 Å². The third-order valence-corrected chi connectivity index (χ3v) is 3.94. The molecule has 0 saturated carbocycles. The summed E-state index contributed by atoms with van der Waals surface area (Å²) in [7, 11) is 0. The number of rotatable bonds is 10. The molecule has 26 heavy (non-hydrogen) atoms. The summed E-state index contributed by atoms with van der Waals surface area (Å²) in [4.78, 5) is 11.8. The van der Waals surface area contributed by atoms with Crippen LogP contribution in [0.15, 0.2) is 48.5 Å². The van der Waals surface area contributed by atoms with E-state index in [0.717, 1.165) is 11.3 Å². The van der Waals surface area contributed by atoms with Crippen LogP contribution in [0.5, 0.6) is 5.75 Å². The first-order chi connectivity index (χ1) is 12.6. The number of hydrogen-bond donors (Lipinski definition) is 3. The zero-order chi connectivity index (χ0) is 18.8. The van der Waals surface area contributed by atoms with Crippen LogP contribution in [0.4, 0.5) is 20.2 Å². The van der Waals surface area contributed by atoms with Crippen LogP contribution in [0.2, 0.25) is 0 Å². The van der Waals surface area contributed by atoms with Crippen molar-refractivity contribution in [2.45, 2.75) is 38.4 Å². The molecule has 0 radical (unpaired) electrons. The quantitative estimate of drug-likeness (QED) is 0.532. The largest absolute Gasteiger partial charge is 0.508 e. The van der Waals surface area contributed by atoms with Crippen LogP contribution >= 0.6 is 0 Å². The van der Waals surface area contributed by atoms with E-state index in [0.29, 0.717) is 31.5 Å². The van der Waals surface area contributed by atoms with E-state index >= 15 is 0 Å². The number of amides is 1. The zero-order valence-corrected chi connectivity index (χ0v) is 14.6. The number of nitrogens with one attached hydrogen (secondary N) is 2. The highest BCUT2D eigenvalue weighted by atomic mass is 19.2. The van der Waals surface area contributed by atoms with Crippen LogP contribution in [0, 0.1) is 0 Å². The monoisotopic (exact) mass is 362 g/mol. The molecule has 1 amide bonds. The van der Waals surface area contributed by atoms with E-state index in [4.69, 9.17) is 0 Å². The molecular weight excluding hydrogens is 338 g/mol. The molecule has 4 nitrogen and oxygen atoms in total. The van der Waals surface area contributed by atoms with Gasteiger partial charge in [-0.2, -0.15) is 0 Å². The Morgan fingerprint density at radius 1 is 1.00 bits per heavy atom. The van der Waals surface area contributed by atoms with Gasteiger partial charge in [-0.25, -0.2) is 8.78 Å². The smallest absolute Gasteiger partial charge is 0.224 e. The zero-order valence-electron chi connectivity index (χ0n) is 14.6. The molecule has 2 aromatic rings. The minimum Gasteiger partial charge on any atom is -0.508 e. The number of aromatic hydroxyl groups is 1. The molecule has 6 heteroatoms. The normalized spacial score (nSPS) is 11.8. The minimum atomic E-state index is -1.42. The predicted molar refractivity (Wildman–Crippen MR) is 99.8 cm³/mol. The number of alkyl halides is 2. The van der Waals surface area contributed by atoms with Gasteiger partial charge in [-0.1, -0.05) is 12.1 Å². The standard InChI is InChI=1S/C20H24F2N2O2/c21-13-16(22)3-1-2-4-20(26)24-18-9-7-17(8-10-18)23-14-15-5-11-19(25)12-6-15/h5-12,16,23,25H,1-4,13-14H2,(H,24,26)/t16-/m1/s1. The number of benzene rings is 2. The number of anilines is 2. The Kier molecular flexibility index (Phi) is 7.86. The van der Waals surface area contributed by atoms with Gasteiger partial charge in [-0.3, -0.25) is 4.79 Å². The Hall–Kier alpha value is -2.63. The number of unbranched alkanes of at least 4 members (excludes halogenated alkanes) is 1. The lowest BCUT2D eigenvalue weighted by atomic mass is 10.1. The van der Waals surface area contributed by atoms with Crippen LogP contribution in [-0.4, -0.2) is 23.9 Å². The average Bonchev–Trinajstić information content (AvgIpc) is 2.65. The van der Waals surface area contributed by atoms with Gasteiger partial charge in [0.15, 0.2) is 0 Å². The molecule has 0 aromatic heterocycles. The fourth-order valence-electron chi connectivity index (χ4n) is 2.44. The van der Waals surface area contributed by atoms with E-state index in [2.05, 4.69) is 10.6 Å². The maximum atomic E-state index is 12.7. The first-order valence-corrected chi connectivity index (χ1v) is 8.68. The van der Waals surface area contributed by atoms with Crippen molar-refractivity contribution in [2.24, 2.45) is 0 Å². The number of halogens is 2. The number of phenols is 1. The molecule has 0 aliphatic heterocycles. The summed E-state index contributed by atoms with van der Waals surface area (Å²) in [5, 5.41) is 15.3. The molecule has 0 aliphatic rings. The topological polar surface area (TPSA) is 61.4 Å². The summed E-state index contributed by atoms with van der Waals surface area (Å²) in [6.45, 7) is -0.334. The van der Waals surface area contributed by atoms with Crippen molar-refractivity contribution < 1.29 is 18.7 Å². The Morgan fingerprint density at radius 2 is 1.65 bits per heavy atom. The second-order valence-corrected chi connectivity index (χ2v) is 6.14. The van der Waals surface area contributed by atoms with Crippen molar-refractivity contribution in [3.8, 4) is 5.75 Å². The Bertz CT molecular complexity index is 675. The summed E-state index contributed by atoms with van der Waals surface area (Å²) < 4.78 is 24.7. The predicted octanol–water partition coefficient (Wildman–Crippen LogP) is 4.81. The second kappa shape index (κ2) is 10.4. The molecule has 2 rings (SSSR count). The van der Waals surface area contributed by atoms with Crippen molar-refractivity contribution in [2.75, 3.05) is 17.3 Å². The van der Waals surface area contributed by atoms with Crippen LogP contribution in [0.3, 0.4) is 0 Å². The summed E-state index contributed by atoms with van der Waals surface area (Å²) in [6, 6.07) is 14.3. The van der Waals surface area contributed by atoms with Gasteiger partial charge in [0.05, 0.1) is 0 Å². The van der Waals surface area contributed by atoms with E-state index in [1.165, 1.54) is 0 Å². The number of phenolic OH excluding ortho intramolecular Hbond substituents is 1. The first kappa shape index (κ1) is 19.7. The maximum Gasteiger partial charge on any atom is 0.224 e. The molecule has 140 valence electrons. The van der Waals surface area contributed by atoms with Gasteiger partial charge < -0.3 is 15.7 Å². The van der Waals surface area contributed by atoms with E-state index in [1.54, 1.807) is 24.3 Å². The van der Waals surface area contributed by atoms with Crippen molar-refractivity contribution in [1.29, 1.82) is 0 Å². The molecule has 2 aromatic carbocycles. The fourth-order valence-corrected chi connectivity index (χ4v) is 2.44. The molecule has 0 aliphatic carbocycles. The van der Waals surface area contributed by atoms with Gasteiger partial charge in [0.2, 0.25) is 5.91 Å². The summed E-state index contributed by atoms with van der Waals surface area (Å²) >= 11 is 0. The van der Waals surface area contributed by atoms with E-state index in [9.17, 15) is 18.7 Å². The van der Waals surface area contributed by atoms with Crippen LogP contribution in [0.1, 0.15) is 31.2 Å². The molecular formula is C20H24F2N2O2. The Labute approximate surface area is 152 Å². The lowest BCUT2D eigenvalue weighted by Crippen LogP contribution is -2.11. The molecule has 0 spiro atoms. The Morgan fingerprint density at radius 3 is 2.31 bits per heavy atom. The molecule has 1 atom stereocenters. The third-order valence-electron chi connectivity index (χ3n) is 3.94. The first-order valence-electron chi connectivity index (χ1n) is 8.68. The highest BCUT2D eigenvalue weighted by molar-refractivity contribution is 5.90. The van der Waals surface area contributed by atoms with Crippen LogP contribution in [-0.2, 0) is 11.3 Å². The average molecular weight is 362 g/mol. The van der Waals surface area contributed by atoms with Gasteiger partial charge in [-0.05, 0) is 61.2 Å². The fraction of sp³-hybridized carbons (Fsp3) is 0.350. The summed E-state index contributed by atoms with van der Waals surface area (Å²) in [5.74, 6) is 0.103. The number of carbonyl (C=O) groups excluding carboxylic acids is 1. The molecule has 0 heterocycles. The third kappa shape index (κ3) is 7.09. The van der Waals surface area contributed by atoms with Gasteiger partial charge in [0, 0.05) is 24.3 Å². The van der Waals surface area contributed by atoms with Gasteiger partial charge in [-0.15, -0.1) is 0 Å². The van der Waals surface area contributed by atoms with E-state index in [-0.39, 0.29) is 18.1 Å². The Balaban J connectivity index is 1.71. The number of hydrogen-bond acceptors (Lipinski definition) is 3. The van der Waals surface area contributed by atoms with Crippen molar-refractivity contribution in [3.05, 3.63) is 54.1 Å². The molecule has 0 unspecified atom stereocenters. The second-order valence-electron chi connectivity index (χ2n) is 6.14. The van der Waals surface area contributed by atoms with Crippen LogP contribution in [0.25, 0.3) is 0 Å². The van der Waals surface area contributed by atoms with Crippen molar-refractivity contribution >= 4 is 17.3 Å². The van der Waals surface area contributed by atoms with Crippen molar-refractivity contribution in [3.63, 3.8) is 0 Å². The van der Waals surface area contributed by atoms with E-state index in [1.807, 2.05) is 24.3 Å². The molecule has 0 bridgehead atoms. The van der Waals surface area contributed by atoms with Gasteiger partial charge in [0.1, 0.15) is 18.6 Å². The minimum absolute atomic E-state index is 0.134. The molecule has 0 saturated heterocycles. The van der Waals surface area contributed by atoms with E-state index < -0.39 is 12.8 Å². The lowest BCUT2D eigenvalue weighted by Gasteiger charge is -2.09. The number of carbonyl (C=O) groups is 1. The molecule has 0 fully saturated rings. The summed E-state index contributed by atoms with van der Waals surface area (Å²) in [6.07, 6.45) is 0.0713. The highest BCUT2D eigenvalue weighted by Gasteiger charge is 2.07. The summed E-state index contributed by atoms with van der Waals surface area (Å²) in [5.41, 5.74) is 2.65. The lowest BCUT2D eigenvalue weighted by molar-refractivity contribution is -0.116. The maximum absolute atomic E-state index is 12.7. The van der Waals surface area contributed by atoms with Gasteiger partial charge in [0.25, 0.3) is 0 Å². The van der Waals surface area contributed by atoms with Crippen LogP contribution < -0.4 is 10.6 Å². The highest BCUT2D eigenvalue weighted by Crippen LogP contribution is 2.16. The molecule has 3 N–H and O–H groups in total. The SMILES string of the molecule is O=C(CCCC[C@@H](F)CF)Nc1ccc(NCc2ccc(O)cc2)cc1.